The Morgan fingerprint density at radius 1 is 1.33 bits per heavy atom. The van der Waals surface area contributed by atoms with Gasteiger partial charge in [-0.15, -0.1) is 0 Å². The highest BCUT2D eigenvalue weighted by atomic mass is 16.3. The predicted molar refractivity (Wildman–Crippen MR) is 79.9 cm³/mol. The van der Waals surface area contributed by atoms with E-state index in [4.69, 9.17) is 10.4 Å². The third-order valence-electron chi connectivity index (χ3n) is 3.53. The van der Waals surface area contributed by atoms with Gasteiger partial charge in [-0.3, -0.25) is 4.90 Å². The van der Waals surface area contributed by atoms with Gasteiger partial charge in [-0.2, -0.15) is 5.26 Å². The smallest absolute Gasteiger partial charge is 0.321 e. The van der Waals surface area contributed by atoms with Gasteiger partial charge in [0.2, 0.25) is 0 Å². The predicted octanol–water partition coefficient (Wildman–Crippen LogP) is 1.09. The number of carbonyl (C=O) groups is 1. The summed E-state index contributed by atoms with van der Waals surface area (Å²) < 4.78 is 0. The Labute approximate surface area is 124 Å². The molecule has 0 atom stereocenters. The molecule has 0 spiro atoms. The number of hydrogen-bond donors (Lipinski definition) is 2. The summed E-state index contributed by atoms with van der Waals surface area (Å²) >= 11 is 0. The first-order chi connectivity index (χ1) is 10.2. The number of β-amino-alcohol motifs (C(OH)–C–C–N with tert-alkyl or cyclic N) is 1. The van der Waals surface area contributed by atoms with Crippen molar-refractivity contribution in [2.75, 3.05) is 44.6 Å². The maximum atomic E-state index is 12.2. The van der Waals surface area contributed by atoms with Gasteiger partial charge in [0.1, 0.15) is 0 Å². The second-order valence-corrected chi connectivity index (χ2v) is 5.03. The molecule has 0 aliphatic carbocycles. The van der Waals surface area contributed by atoms with E-state index in [0.717, 1.165) is 19.5 Å². The van der Waals surface area contributed by atoms with Crippen molar-refractivity contribution in [3.63, 3.8) is 0 Å². The summed E-state index contributed by atoms with van der Waals surface area (Å²) in [5, 5.41) is 20.7. The third-order valence-corrected chi connectivity index (χ3v) is 3.53. The molecule has 6 heteroatoms. The van der Waals surface area contributed by atoms with Gasteiger partial charge in [0.05, 0.1) is 18.2 Å². The number of nitrogens with one attached hydrogen (secondary N) is 1. The highest BCUT2D eigenvalue weighted by Gasteiger charge is 2.18. The van der Waals surface area contributed by atoms with Crippen LogP contribution in [-0.4, -0.2) is 60.3 Å². The molecular weight excluding hydrogens is 268 g/mol. The van der Waals surface area contributed by atoms with Crippen LogP contribution in [0.15, 0.2) is 24.3 Å². The van der Waals surface area contributed by atoms with Gasteiger partial charge in [0, 0.05) is 31.9 Å². The van der Waals surface area contributed by atoms with E-state index in [0.29, 0.717) is 30.9 Å². The fraction of sp³-hybridized carbons (Fsp3) is 0.467. The van der Waals surface area contributed by atoms with E-state index < -0.39 is 0 Å². The number of carbonyl (C=O) groups excluding carboxylic acids is 1. The van der Waals surface area contributed by atoms with Crippen LogP contribution in [0.3, 0.4) is 0 Å². The molecule has 0 unspecified atom stereocenters. The molecule has 21 heavy (non-hydrogen) atoms. The molecule has 6 nitrogen and oxygen atoms in total. The van der Waals surface area contributed by atoms with E-state index in [9.17, 15) is 4.79 Å². The number of aliphatic hydroxyl groups excluding tert-OH is 1. The van der Waals surface area contributed by atoms with Crippen molar-refractivity contribution in [2.45, 2.75) is 6.42 Å². The lowest BCUT2D eigenvalue weighted by molar-refractivity contribution is 0.194. The minimum absolute atomic E-state index is 0.143. The number of benzene rings is 1. The zero-order chi connectivity index (χ0) is 15.1. The molecule has 1 aliphatic rings. The van der Waals surface area contributed by atoms with Crippen molar-refractivity contribution in [1.29, 1.82) is 5.26 Å². The molecule has 0 aromatic heterocycles. The van der Waals surface area contributed by atoms with Crippen molar-refractivity contribution in [1.82, 2.24) is 9.80 Å². The highest BCUT2D eigenvalue weighted by molar-refractivity contribution is 5.89. The molecule has 1 saturated heterocycles. The van der Waals surface area contributed by atoms with Crippen LogP contribution in [0.25, 0.3) is 0 Å². The molecule has 2 rings (SSSR count). The number of nitrogens with zero attached hydrogens (tertiary/aromatic N) is 3. The summed E-state index contributed by atoms with van der Waals surface area (Å²) in [7, 11) is 0. The monoisotopic (exact) mass is 288 g/mol. The maximum absolute atomic E-state index is 12.2. The Kier molecular flexibility index (Phi) is 5.55. The second-order valence-electron chi connectivity index (χ2n) is 5.03. The van der Waals surface area contributed by atoms with Gasteiger partial charge < -0.3 is 15.3 Å². The molecule has 1 aromatic carbocycles. The van der Waals surface area contributed by atoms with Gasteiger partial charge in [0.15, 0.2) is 0 Å². The summed E-state index contributed by atoms with van der Waals surface area (Å²) in [6.45, 7) is 3.81. The standard InChI is InChI=1S/C15H20N4O2/c16-12-13-3-1-4-14(11-13)17-15(21)19-6-2-5-18(7-8-19)9-10-20/h1,3-4,11,20H,2,5-10H2,(H,17,21). The lowest BCUT2D eigenvalue weighted by Gasteiger charge is -2.22. The molecule has 0 bridgehead atoms. The van der Waals surface area contributed by atoms with Crippen LogP contribution in [0.2, 0.25) is 0 Å². The number of aliphatic hydroxyl groups is 1. The van der Waals surface area contributed by atoms with Crippen LogP contribution in [0.4, 0.5) is 10.5 Å². The van der Waals surface area contributed by atoms with Crippen molar-refractivity contribution >= 4 is 11.7 Å². The Bertz CT molecular complexity index is 527. The Hall–Kier alpha value is -2.10. The molecule has 2 N–H and O–H groups in total. The largest absolute Gasteiger partial charge is 0.395 e. The van der Waals surface area contributed by atoms with Gasteiger partial charge in [-0.05, 0) is 31.2 Å². The van der Waals surface area contributed by atoms with Crippen LogP contribution >= 0.6 is 0 Å². The number of anilines is 1. The number of amides is 2. The van der Waals surface area contributed by atoms with Crippen molar-refractivity contribution in [3.05, 3.63) is 29.8 Å². The van der Waals surface area contributed by atoms with E-state index in [-0.39, 0.29) is 12.6 Å². The summed E-state index contributed by atoms with van der Waals surface area (Å²) in [6, 6.07) is 8.80. The quantitative estimate of drug-likeness (QED) is 0.872. The van der Waals surface area contributed by atoms with Crippen LogP contribution in [0.5, 0.6) is 0 Å². The minimum Gasteiger partial charge on any atom is -0.395 e. The summed E-state index contributed by atoms with van der Waals surface area (Å²) in [5.74, 6) is 0. The van der Waals surface area contributed by atoms with Crippen LogP contribution in [0.1, 0.15) is 12.0 Å². The molecule has 2 amide bonds. The topological polar surface area (TPSA) is 79.6 Å². The summed E-state index contributed by atoms with van der Waals surface area (Å²) in [5.41, 5.74) is 1.16. The number of nitriles is 1. The molecular formula is C15H20N4O2. The molecule has 1 aliphatic heterocycles. The Morgan fingerprint density at radius 2 is 2.19 bits per heavy atom. The molecule has 1 aromatic rings. The molecule has 0 radical (unpaired) electrons. The molecule has 0 saturated carbocycles. The van der Waals surface area contributed by atoms with Crippen molar-refractivity contribution in [2.24, 2.45) is 0 Å². The van der Waals surface area contributed by atoms with Gasteiger partial charge in [0.25, 0.3) is 0 Å². The Morgan fingerprint density at radius 3 is 2.95 bits per heavy atom. The van der Waals surface area contributed by atoms with Crippen LogP contribution in [0, 0.1) is 11.3 Å². The molecule has 1 fully saturated rings. The average Bonchev–Trinajstić information content (AvgIpc) is 2.73. The second kappa shape index (κ2) is 7.62. The molecule has 112 valence electrons. The normalized spacial score (nSPS) is 16.1. The Balaban J connectivity index is 1.92. The van der Waals surface area contributed by atoms with E-state index in [1.165, 1.54) is 0 Å². The summed E-state index contributed by atoms with van der Waals surface area (Å²) in [4.78, 5) is 16.2. The van der Waals surface area contributed by atoms with Crippen LogP contribution in [-0.2, 0) is 0 Å². The number of hydrogen-bond acceptors (Lipinski definition) is 4. The fourth-order valence-corrected chi connectivity index (χ4v) is 2.41. The van der Waals surface area contributed by atoms with Gasteiger partial charge in [-0.1, -0.05) is 6.07 Å². The summed E-state index contributed by atoms with van der Waals surface area (Å²) in [6.07, 6.45) is 0.894. The SMILES string of the molecule is N#Cc1cccc(NC(=O)N2CCCN(CCO)CC2)c1. The van der Waals surface area contributed by atoms with E-state index in [1.807, 2.05) is 0 Å². The molecule has 1 heterocycles. The number of urea groups is 1. The first-order valence-electron chi connectivity index (χ1n) is 7.12. The zero-order valence-electron chi connectivity index (χ0n) is 12.0. The van der Waals surface area contributed by atoms with E-state index in [2.05, 4.69) is 16.3 Å². The van der Waals surface area contributed by atoms with Crippen LogP contribution < -0.4 is 5.32 Å². The van der Waals surface area contributed by atoms with Gasteiger partial charge >= 0.3 is 6.03 Å². The lowest BCUT2D eigenvalue weighted by atomic mass is 10.2. The third kappa shape index (κ3) is 4.45. The van der Waals surface area contributed by atoms with E-state index in [1.54, 1.807) is 29.2 Å². The average molecular weight is 288 g/mol. The van der Waals surface area contributed by atoms with Crippen molar-refractivity contribution in [3.8, 4) is 6.07 Å². The minimum atomic E-state index is -0.143. The number of rotatable bonds is 3. The fourth-order valence-electron chi connectivity index (χ4n) is 2.41. The first-order valence-corrected chi connectivity index (χ1v) is 7.12. The zero-order valence-corrected chi connectivity index (χ0v) is 12.0. The lowest BCUT2D eigenvalue weighted by Crippen LogP contribution is -2.38. The first kappa shape index (κ1) is 15.3. The maximum Gasteiger partial charge on any atom is 0.321 e. The van der Waals surface area contributed by atoms with Gasteiger partial charge in [-0.25, -0.2) is 4.79 Å². The van der Waals surface area contributed by atoms with E-state index >= 15 is 0 Å². The highest BCUT2D eigenvalue weighted by Crippen LogP contribution is 2.11. The van der Waals surface area contributed by atoms with Crippen molar-refractivity contribution < 1.29 is 9.90 Å².